The van der Waals surface area contributed by atoms with Crippen LogP contribution in [-0.4, -0.2) is 23.4 Å². The zero-order chi connectivity index (χ0) is 11.7. The van der Waals surface area contributed by atoms with Crippen molar-refractivity contribution in [1.82, 2.24) is 0 Å². The van der Waals surface area contributed by atoms with E-state index in [-0.39, 0.29) is 6.10 Å². The molecule has 2 heteroatoms. The van der Waals surface area contributed by atoms with Crippen LogP contribution in [0.4, 0.5) is 0 Å². The van der Waals surface area contributed by atoms with Gasteiger partial charge in [-0.05, 0) is 40.0 Å². The van der Waals surface area contributed by atoms with Gasteiger partial charge >= 0.3 is 0 Å². The standard InChI is InChI=1S/C13H26O2/c1-5-6-7-8-9-10-15-12(2)11-13(3,4)14/h5,12,14H,1,6-11H2,2-4H3. The molecule has 0 aliphatic carbocycles. The van der Waals surface area contributed by atoms with Crippen LogP contribution in [0.25, 0.3) is 0 Å². The van der Waals surface area contributed by atoms with E-state index in [9.17, 15) is 5.11 Å². The molecule has 0 aromatic heterocycles. The number of aliphatic hydroxyl groups is 1. The Morgan fingerprint density at radius 3 is 2.53 bits per heavy atom. The summed E-state index contributed by atoms with van der Waals surface area (Å²) in [6.07, 6.45) is 7.39. The van der Waals surface area contributed by atoms with Gasteiger partial charge in [-0.15, -0.1) is 6.58 Å². The van der Waals surface area contributed by atoms with Gasteiger partial charge in [0.2, 0.25) is 0 Å². The molecule has 0 saturated carbocycles. The minimum Gasteiger partial charge on any atom is -0.390 e. The Hall–Kier alpha value is -0.340. The third-order valence-corrected chi connectivity index (χ3v) is 2.24. The van der Waals surface area contributed by atoms with Crippen molar-refractivity contribution in [2.45, 2.75) is 64.6 Å². The third-order valence-electron chi connectivity index (χ3n) is 2.24. The van der Waals surface area contributed by atoms with E-state index in [1.54, 1.807) is 0 Å². The van der Waals surface area contributed by atoms with Crippen molar-refractivity contribution in [1.29, 1.82) is 0 Å². The fourth-order valence-electron chi connectivity index (χ4n) is 1.61. The maximum Gasteiger partial charge on any atom is 0.0616 e. The molecule has 0 amide bonds. The van der Waals surface area contributed by atoms with Crippen LogP contribution < -0.4 is 0 Å². The molecular formula is C13H26O2. The summed E-state index contributed by atoms with van der Waals surface area (Å²) >= 11 is 0. The highest BCUT2D eigenvalue weighted by Gasteiger charge is 2.17. The minimum absolute atomic E-state index is 0.143. The highest BCUT2D eigenvalue weighted by Crippen LogP contribution is 2.13. The predicted molar refractivity (Wildman–Crippen MR) is 65.0 cm³/mol. The predicted octanol–water partition coefficient (Wildman–Crippen LogP) is 3.30. The normalized spacial score (nSPS) is 13.9. The second-order valence-electron chi connectivity index (χ2n) is 4.84. The van der Waals surface area contributed by atoms with Gasteiger partial charge in [0.15, 0.2) is 0 Å². The molecule has 2 nitrogen and oxygen atoms in total. The molecule has 15 heavy (non-hydrogen) atoms. The molecule has 0 aromatic rings. The third kappa shape index (κ3) is 11.6. The van der Waals surface area contributed by atoms with Gasteiger partial charge in [-0.1, -0.05) is 12.5 Å². The molecule has 90 valence electrons. The van der Waals surface area contributed by atoms with Crippen molar-refractivity contribution in [3.8, 4) is 0 Å². The van der Waals surface area contributed by atoms with Crippen LogP contribution in [0, 0.1) is 0 Å². The molecule has 1 N–H and O–H groups in total. The van der Waals surface area contributed by atoms with Gasteiger partial charge in [0, 0.05) is 13.0 Å². The zero-order valence-corrected chi connectivity index (χ0v) is 10.5. The van der Waals surface area contributed by atoms with Crippen LogP contribution in [0.2, 0.25) is 0 Å². The Bertz CT molecular complexity index is 158. The SMILES string of the molecule is C=CCCCCCOC(C)CC(C)(C)O. The Kier molecular flexibility index (Phi) is 7.71. The lowest BCUT2D eigenvalue weighted by molar-refractivity contribution is -0.0132. The first-order valence-electron chi connectivity index (χ1n) is 5.90. The fourth-order valence-corrected chi connectivity index (χ4v) is 1.61. The van der Waals surface area contributed by atoms with Crippen LogP contribution in [0.1, 0.15) is 52.9 Å². The van der Waals surface area contributed by atoms with Gasteiger partial charge < -0.3 is 9.84 Å². The van der Waals surface area contributed by atoms with E-state index in [1.165, 1.54) is 12.8 Å². The van der Waals surface area contributed by atoms with E-state index >= 15 is 0 Å². The summed E-state index contributed by atoms with van der Waals surface area (Å²) in [6.45, 7) is 10.1. The van der Waals surface area contributed by atoms with E-state index in [4.69, 9.17) is 4.74 Å². The number of allylic oxidation sites excluding steroid dienone is 1. The molecule has 0 saturated heterocycles. The summed E-state index contributed by atoms with van der Waals surface area (Å²) in [5, 5.41) is 9.57. The lowest BCUT2D eigenvalue weighted by Gasteiger charge is -2.22. The maximum atomic E-state index is 9.57. The van der Waals surface area contributed by atoms with Crippen molar-refractivity contribution in [2.75, 3.05) is 6.61 Å². The molecule has 1 unspecified atom stereocenters. The highest BCUT2D eigenvalue weighted by molar-refractivity contribution is 4.69. The number of hydrogen-bond acceptors (Lipinski definition) is 2. The smallest absolute Gasteiger partial charge is 0.0616 e. The molecule has 0 heterocycles. The Morgan fingerprint density at radius 1 is 1.33 bits per heavy atom. The summed E-state index contributed by atoms with van der Waals surface area (Å²) < 4.78 is 5.61. The molecule has 0 aliphatic heterocycles. The largest absolute Gasteiger partial charge is 0.390 e. The van der Waals surface area contributed by atoms with Crippen molar-refractivity contribution in [3.63, 3.8) is 0 Å². The van der Waals surface area contributed by atoms with Crippen molar-refractivity contribution < 1.29 is 9.84 Å². The summed E-state index contributed by atoms with van der Waals surface area (Å²) in [4.78, 5) is 0. The van der Waals surface area contributed by atoms with E-state index in [0.29, 0.717) is 6.42 Å². The second kappa shape index (κ2) is 7.89. The molecule has 0 rings (SSSR count). The molecule has 0 spiro atoms. The molecular weight excluding hydrogens is 188 g/mol. The summed E-state index contributed by atoms with van der Waals surface area (Å²) in [6, 6.07) is 0. The van der Waals surface area contributed by atoms with Gasteiger partial charge in [-0.2, -0.15) is 0 Å². The van der Waals surface area contributed by atoms with Crippen LogP contribution in [0.15, 0.2) is 12.7 Å². The highest BCUT2D eigenvalue weighted by atomic mass is 16.5. The lowest BCUT2D eigenvalue weighted by atomic mass is 10.0. The average molecular weight is 214 g/mol. The second-order valence-corrected chi connectivity index (χ2v) is 4.84. The van der Waals surface area contributed by atoms with Gasteiger partial charge in [-0.25, -0.2) is 0 Å². The van der Waals surface area contributed by atoms with E-state index < -0.39 is 5.60 Å². The van der Waals surface area contributed by atoms with Crippen LogP contribution in [0.3, 0.4) is 0 Å². The quantitative estimate of drug-likeness (QED) is 0.471. The molecule has 0 aromatic carbocycles. The average Bonchev–Trinajstić information content (AvgIpc) is 2.08. The summed E-state index contributed by atoms with van der Waals surface area (Å²) in [7, 11) is 0. The first-order chi connectivity index (χ1) is 6.95. The Balaban J connectivity index is 3.31. The first kappa shape index (κ1) is 14.7. The Morgan fingerprint density at radius 2 is 2.00 bits per heavy atom. The van der Waals surface area contributed by atoms with Crippen LogP contribution in [0.5, 0.6) is 0 Å². The number of rotatable bonds is 9. The topological polar surface area (TPSA) is 29.5 Å². The molecule has 0 fully saturated rings. The number of hydrogen-bond donors (Lipinski definition) is 1. The van der Waals surface area contributed by atoms with Gasteiger partial charge in [0.05, 0.1) is 11.7 Å². The van der Waals surface area contributed by atoms with Crippen LogP contribution in [-0.2, 0) is 4.74 Å². The fraction of sp³-hybridized carbons (Fsp3) is 0.846. The van der Waals surface area contributed by atoms with Crippen molar-refractivity contribution in [3.05, 3.63) is 12.7 Å². The molecule has 0 bridgehead atoms. The zero-order valence-electron chi connectivity index (χ0n) is 10.5. The van der Waals surface area contributed by atoms with E-state index in [2.05, 4.69) is 6.58 Å². The van der Waals surface area contributed by atoms with Crippen molar-refractivity contribution in [2.24, 2.45) is 0 Å². The number of ether oxygens (including phenoxy) is 1. The van der Waals surface area contributed by atoms with Crippen molar-refractivity contribution >= 4 is 0 Å². The monoisotopic (exact) mass is 214 g/mol. The minimum atomic E-state index is -0.623. The lowest BCUT2D eigenvalue weighted by Crippen LogP contribution is -2.26. The summed E-state index contributed by atoms with van der Waals surface area (Å²) in [5.74, 6) is 0. The summed E-state index contributed by atoms with van der Waals surface area (Å²) in [5.41, 5.74) is -0.623. The first-order valence-corrected chi connectivity index (χ1v) is 5.90. The molecule has 1 atom stereocenters. The van der Waals surface area contributed by atoms with Gasteiger partial charge in [0.1, 0.15) is 0 Å². The maximum absolute atomic E-state index is 9.57. The molecule has 0 aliphatic rings. The molecule has 0 radical (unpaired) electrons. The Labute approximate surface area is 94.3 Å². The van der Waals surface area contributed by atoms with Gasteiger partial charge in [0.25, 0.3) is 0 Å². The van der Waals surface area contributed by atoms with E-state index in [0.717, 1.165) is 19.4 Å². The van der Waals surface area contributed by atoms with E-state index in [1.807, 2.05) is 26.8 Å². The van der Waals surface area contributed by atoms with Gasteiger partial charge in [-0.3, -0.25) is 0 Å². The van der Waals surface area contributed by atoms with Crippen LogP contribution >= 0.6 is 0 Å². The number of unbranched alkanes of at least 4 members (excludes halogenated alkanes) is 3.